The lowest BCUT2D eigenvalue weighted by Crippen LogP contribution is -2.47. The summed E-state index contributed by atoms with van der Waals surface area (Å²) in [5.74, 6) is 2.79. The number of hydrogen-bond donors (Lipinski definition) is 0. The summed E-state index contributed by atoms with van der Waals surface area (Å²) in [7, 11) is 0. The van der Waals surface area contributed by atoms with Crippen molar-refractivity contribution in [2.24, 2.45) is 0 Å². The van der Waals surface area contributed by atoms with Crippen molar-refractivity contribution < 1.29 is 32.2 Å². The third-order valence-electron chi connectivity index (χ3n) is 9.97. The molecule has 0 spiro atoms. The smallest absolute Gasteiger partial charge is 0.416 e. The van der Waals surface area contributed by atoms with Gasteiger partial charge in [0, 0.05) is 51.3 Å². The standard InChI is InChI=1S/C45H43ClF3N3O4.ClH/c1-31-26-35(27-41(46)44(31)56-42-18-17-40(28-50-42)55-30-34-6-13-38(14-7-34)45(47,48)49)8-19-43(53)52-23-21-51(22-24-52)29-33-4-2-32(3-5-33)20-25-54-39-15-11-37(12-16-39)36-9-10-36;/h2-8,11-19,26-28,36H,9-10,20-25,29-30H2,1H3;1H/b19-8+;. The Bertz CT molecular complexity index is 2090. The molecule has 0 radical (unpaired) electrons. The van der Waals surface area contributed by atoms with Gasteiger partial charge >= 0.3 is 6.18 Å². The fourth-order valence-corrected chi connectivity index (χ4v) is 6.88. The first-order valence-electron chi connectivity index (χ1n) is 18.8. The first kappa shape index (κ1) is 41.6. The fraction of sp³-hybridized carbons (Fsp3) is 0.289. The van der Waals surface area contributed by atoms with Gasteiger partial charge in [-0.15, -0.1) is 12.4 Å². The zero-order chi connectivity index (χ0) is 39.1. The summed E-state index contributed by atoms with van der Waals surface area (Å²) in [5.41, 5.74) is 5.33. The lowest BCUT2D eigenvalue weighted by Gasteiger charge is -2.34. The van der Waals surface area contributed by atoms with E-state index in [1.165, 1.54) is 47.9 Å². The number of carbonyl (C=O) groups excluding carboxylic acids is 1. The third-order valence-corrected chi connectivity index (χ3v) is 10.3. The summed E-state index contributed by atoms with van der Waals surface area (Å²) in [6, 6.07) is 29.0. The largest absolute Gasteiger partial charge is 0.493 e. The van der Waals surface area contributed by atoms with Gasteiger partial charge < -0.3 is 19.1 Å². The maximum absolute atomic E-state index is 13.1. The number of aromatic nitrogens is 1. The van der Waals surface area contributed by atoms with Crippen LogP contribution in [0.25, 0.3) is 6.08 Å². The Balaban J connectivity index is 0.00000549. The van der Waals surface area contributed by atoms with Crippen LogP contribution in [0, 0.1) is 6.92 Å². The molecule has 1 aliphatic carbocycles. The highest BCUT2D eigenvalue weighted by atomic mass is 35.5. The minimum atomic E-state index is -4.39. The highest BCUT2D eigenvalue weighted by Gasteiger charge is 2.30. The molecule has 1 saturated carbocycles. The van der Waals surface area contributed by atoms with Gasteiger partial charge in [0.15, 0.2) is 5.75 Å². The molecule has 2 fully saturated rings. The number of halogens is 5. The van der Waals surface area contributed by atoms with Crippen LogP contribution in [0.4, 0.5) is 13.2 Å². The normalized spacial score (nSPS) is 14.6. The summed E-state index contributed by atoms with van der Waals surface area (Å²) in [6.45, 7) is 6.33. The van der Waals surface area contributed by atoms with Crippen molar-refractivity contribution in [3.05, 3.63) is 153 Å². The second-order valence-electron chi connectivity index (χ2n) is 14.3. The first-order valence-corrected chi connectivity index (χ1v) is 19.2. The number of aryl methyl sites for hydroxylation is 1. The monoisotopic (exact) mass is 817 g/mol. The molecule has 1 amide bonds. The predicted molar refractivity (Wildman–Crippen MR) is 218 cm³/mol. The van der Waals surface area contributed by atoms with Gasteiger partial charge in [0.25, 0.3) is 0 Å². The molecule has 4 aromatic carbocycles. The number of nitrogens with zero attached hydrogens (tertiary/aromatic N) is 3. The van der Waals surface area contributed by atoms with Crippen molar-refractivity contribution in [3.8, 4) is 23.1 Å². The van der Waals surface area contributed by atoms with E-state index >= 15 is 0 Å². The van der Waals surface area contributed by atoms with Crippen LogP contribution in [0.3, 0.4) is 0 Å². The maximum atomic E-state index is 13.1. The third kappa shape index (κ3) is 11.8. The minimum Gasteiger partial charge on any atom is -0.493 e. The number of carbonyl (C=O) groups is 1. The highest BCUT2D eigenvalue weighted by molar-refractivity contribution is 6.32. The van der Waals surface area contributed by atoms with Crippen molar-refractivity contribution in [3.63, 3.8) is 0 Å². The van der Waals surface area contributed by atoms with Crippen LogP contribution < -0.4 is 14.2 Å². The molecule has 1 aromatic heterocycles. The SMILES string of the molecule is Cc1cc(/C=C/C(=O)N2CCN(Cc3ccc(CCOc4ccc(C5CC5)cc4)cc3)CC2)cc(Cl)c1Oc1ccc(OCc2ccc(C(F)(F)F)cc2)cn1.Cl. The van der Waals surface area contributed by atoms with E-state index in [-0.39, 0.29) is 30.8 Å². The number of benzene rings is 4. The molecule has 7 rings (SSSR count). The minimum absolute atomic E-state index is 0. The average molecular weight is 819 g/mol. The van der Waals surface area contributed by atoms with Crippen LogP contribution in [0.5, 0.6) is 23.1 Å². The molecule has 7 nitrogen and oxygen atoms in total. The van der Waals surface area contributed by atoms with Gasteiger partial charge in [-0.1, -0.05) is 60.1 Å². The maximum Gasteiger partial charge on any atom is 0.416 e. The molecule has 5 aromatic rings. The molecule has 0 atom stereocenters. The fourth-order valence-electron chi connectivity index (χ4n) is 6.57. The van der Waals surface area contributed by atoms with E-state index in [0.717, 1.165) is 61.0 Å². The van der Waals surface area contributed by atoms with Gasteiger partial charge in [-0.3, -0.25) is 9.69 Å². The molecule has 2 heterocycles. The predicted octanol–water partition coefficient (Wildman–Crippen LogP) is 10.7. The second-order valence-corrected chi connectivity index (χ2v) is 14.7. The van der Waals surface area contributed by atoms with Crippen LogP contribution in [-0.4, -0.2) is 53.5 Å². The molecule has 0 N–H and O–H groups in total. The summed E-state index contributed by atoms with van der Waals surface area (Å²) in [4.78, 5) is 21.6. The lowest BCUT2D eigenvalue weighted by atomic mass is 10.1. The van der Waals surface area contributed by atoms with Gasteiger partial charge in [0.05, 0.1) is 23.4 Å². The quantitative estimate of drug-likeness (QED) is 0.104. The topological polar surface area (TPSA) is 64.1 Å². The van der Waals surface area contributed by atoms with E-state index in [0.29, 0.717) is 41.8 Å². The molecule has 1 aliphatic heterocycles. The van der Waals surface area contributed by atoms with Gasteiger partial charge in [-0.2, -0.15) is 13.2 Å². The number of rotatable bonds is 14. The number of hydrogen-bond acceptors (Lipinski definition) is 6. The van der Waals surface area contributed by atoms with Crippen molar-refractivity contribution in [2.45, 2.75) is 51.4 Å². The number of amides is 1. The van der Waals surface area contributed by atoms with Crippen LogP contribution in [0.15, 0.2) is 109 Å². The van der Waals surface area contributed by atoms with E-state index in [9.17, 15) is 18.0 Å². The number of ether oxygens (including phenoxy) is 3. The summed E-state index contributed by atoms with van der Waals surface area (Å²) in [6.07, 6.45) is 3.89. The van der Waals surface area contributed by atoms with Crippen molar-refractivity contribution in [1.29, 1.82) is 0 Å². The molecule has 2 aliphatic rings. The average Bonchev–Trinajstić information content (AvgIpc) is 4.05. The molecule has 298 valence electrons. The van der Waals surface area contributed by atoms with Crippen molar-refractivity contribution >= 4 is 36.0 Å². The number of piperazine rings is 1. The Hall–Kier alpha value is -5.03. The van der Waals surface area contributed by atoms with Crippen LogP contribution >= 0.6 is 24.0 Å². The Morgan fingerprint density at radius 3 is 2.14 bits per heavy atom. The summed E-state index contributed by atoms with van der Waals surface area (Å²) in [5, 5.41) is 0.366. The van der Waals surface area contributed by atoms with E-state index in [2.05, 4.69) is 58.4 Å². The Kier molecular flexibility index (Phi) is 13.8. The van der Waals surface area contributed by atoms with Gasteiger partial charge in [-0.05, 0) is 108 Å². The molecule has 0 bridgehead atoms. The molecule has 1 saturated heterocycles. The van der Waals surface area contributed by atoms with Gasteiger partial charge in [0.2, 0.25) is 11.8 Å². The van der Waals surface area contributed by atoms with Crippen molar-refractivity contribution in [1.82, 2.24) is 14.8 Å². The lowest BCUT2D eigenvalue weighted by molar-refractivity contribution is -0.137. The van der Waals surface area contributed by atoms with E-state index in [1.54, 1.807) is 30.4 Å². The zero-order valence-electron chi connectivity index (χ0n) is 31.5. The summed E-state index contributed by atoms with van der Waals surface area (Å²) >= 11 is 6.60. The highest BCUT2D eigenvalue weighted by Crippen LogP contribution is 2.40. The molecular weight excluding hydrogens is 774 g/mol. The first-order chi connectivity index (χ1) is 27.1. The molecule has 0 unspecified atom stereocenters. The number of alkyl halides is 3. The van der Waals surface area contributed by atoms with Crippen LogP contribution in [-0.2, 0) is 30.5 Å². The Labute approximate surface area is 342 Å². The van der Waals surface area contributed by atoms with Gasteiger partial charge in [-0.25, -0.2) is 4.98 Å². The Morgan fingerprint density at radius 1 is 0.842 bits per heavy atom. The second kappa shape index (κ2) is 18.9. The van der Waals surface area contributed by atoms with Crippen LogP contribution in [0.1, 0.15) is 57.7 Å². The van der Waals surface area contributed by atoms with Gasteiger partial charge in [0.1, 0.15) is 18.1 Å². The van der Waals surface area contributed by atoms with E-state index < -0.39 is 11.7 Å². The molecule has 57 heavy (non-hydrogen) atoms. The number of pyridine rings is 1. The van der Waals surface area contributed by atoms with Crippen LogP contribution in [0.2, 0.25) is 5.02 Å². The zero-order valence-corrected chi connectivity index (χ0v) is 33.1. The van der Waals surface area contributed by atoms with E-state index in [1.807, 2.05) is 17.9 Å². The van der Waals surface area contributed by atoms with E-state index in [4.69, 9.17) is 25.8 Å². The van der Waals surface area contributed by atoms with Crippen molar-refractivity contribution in [2.75, 3.05) is 32.8 Å². The Morgan fingerprint density at radius 2 is 1.51 bits per heavy atom. The summed E-state index contributed by atoms with van der Waals surface area (Å²) < 4.78 is 56.0. The molecule has 12 heteroatoms. The molecular formula is C45H44Cl2F3N3O4.